The molecule has 1 N–H and O–H groups in total. The van der Waals surface area contributed by atoms with E-state index in [9.17, 15) is 9.59 Å². The van der Waals surface area contributed by atoms with Gasteiger partial charge in [-0.3, -0.25) is 0 Å². The average molecular weight is 336 g/mol. The van der Waals surface area contributed by atoms with Gasteiger partial charge in [-0.2, -0.15) is 0 Å². The molecular formula is C12H12BrClO4. The van der Waals surface area contributed by atoms with E-state index in [0.717, 1.165) is 0 Å². The van der Waals surface area contributed by atoms with Gasteiger partial charge >= 0.3 is 11.9 Å². The minimum Gasteiger partial charge on any atom is -0.478 e. The maximum atomic E-state index is 11.9. The van der Waals surface area contributed by atoms with Crippen molar-refractivity contribution in [3.05, 3.63) is 32.8 Å². The molecule has 6 heteroatoms. The van der Waals surface area contributed by atoms with Crippen molar-refractivity contribution in [2.24, 2.45) is 0 Å². The molecule has 4 nitrogen and oxygen atoms in total. The smallest absolute Gasteiger partial charge is 0.339 e. The third-order valence-corrected chi connectivity index (χ3v) is 3.11. The Labute approximate surface area is 118 Å². The number of esters is 1. The first kappa shape index (κ1) is 15.0. The lowest BCUT2D eigenvalue weighted by Crippen LogP contribution is -2.25. The van der Waals surface area contributed by atoms with E-state index in [1.54, 1.807) is 20.8 Å². The molecule has 0 aliphatic rings. The fourth-order valence-electron chi connectivity index (χ4n) is 1.23. The lowest BCUT2D eigenvalue weighted by molar-refractivity contribution is 0.00658. The van der Waals surface area contributed by atoms with Crippen molar-refractivity contribution < 1.29 is 19.4 Å². The third kappa shape index (κ3) is 3.71. The Bertz CT molecular complexity index is 506. The fourth-order valence-corrected chi connectivity index (χ4v) is 1.73. The first-order valence-electron chi connectivity index (χ1n) is 5.07. The highest BCUT2D eigenvalue weighted by Crippen LogP contribution is 2.27. The van der Waals surface area contributed by atoms with Gasteiger partial charge in [0.2, 0.25) is 0 Å². The molecule has 0 heterocycles. The summed E-state index contributed by atoms with van der Waals surface area (Å²) in [5.74, 6) is -1.93. The number of carboxylic acids is 1. The predicted octanol–water partition coefficient (Wildman–Crippen LogP) is 3.76. The van der Waals surface area contributed by atoms with Gasteiger partial charge < -0.3 is 9.84 Å². The Balaban J connectivity index is 3.26. The van der Waals surface area contributed by atoms with Crippen LogP contribution in [0.1, 0.15) is 41.5 Å². The first-order chi connectivity index (χ1) is 8.11. The number of rotatable bonds is 2. The van der Waals surface area contributed by atoms with Gasteiger partial charge in [0, 0.05) is 4.47 Å². The third-order valence-electron chi connectivity index (χ3n) is 1.91. The summed E-state index contributed by atoms with van der Waals surface area (Å²) in [6.45, 7) is 5.11. The van der Waals surface area contributed by atoms with Gasteiger partial charge in [0.05, 0.1) is 16.1 Å². The van der Waals surface area contributed by atoms with E-state index >= 15 is 0 Å². The zero-order valence-corrected chi connectivity index (χ0v) is 12.4. The van der Waals surface area contributed by atoms with Crippen molar-refractivity contribution in [1.82, 2.24) is 0 Å². The molecule has 0 aliphatic heterocycles. The predicted molar refractivity (Wildman–Crippen MR) is 71.3 cm³/mol. The summed E-state index contributed by atoms with van der Waals surface area (Å²) in [4.78, 5) is 23.0. The van der Waals surface area contributed by atoms with Crippen molar-refractivity contribution in [2.75, 3.05) is 0 Å². The summed E-state index contributed by atoms with van der Waals surface area (Å²) >= 11 is 8.95. The van der Waals surface area contributed by atoms with Crippen LogP contribution in [-0.2, 0) is 4.74 Å². The van der Waals surface area contributed by atoms with Crippen molar-refractivity contribution in [1.29, 1.82) is 0 Å². The van der Waals surface area contributed by atoms with Gasteiger partial charge in [-0.25, -0.2) is 9.59 Å². The quantitative estimate of drug-likeness (QED) is 0.836. The van der Waals surface area contributed by atoms with Crippen LogP contribution in [0.2, 0.25) is 5.02 Å². The second-order valence-electron chi connectivity index (χ2n) is 4.62. The molecule has 0 bridgehead atoms. The zero-order valence-electron chi connectivity index (χ0n) is 10.1. The lowest BCUT2D eigenvalue weighted by atomic mass is 10.1. The Morgan fingerprint density at radius 2 is 1.83 bits per heavy atom. The van der Waals surface area contributed by atoms with Crippen molar-refractivity contribution >= 4 is 39.5 Å². The molecule has 0 saturated carbocycles. The maximum Gasteiger partial charge on any atom is 0.339 e. The van der Waals surface area contributed by atoms with E-state index in [2.05, 4.69) is 15.9 Å². The number of carbonyl (C=O) groups excluding carboxylic acids is 1. The molecule has 18 heavy (non-hydrogen) atoms. The molecule has 0 atom stereocenters. The zero-order chi connectivity index (χ0) is 14.1. The van der Waals surface area contributed by atoms with Crippen LogP contribution in [0.3, 0.4) is 0 Å². The Morgan fingerprint density at radius 1 is 1.28 bits per heavy atom. The molecule has 0 radical (unpaired) electrons. The first-order valence-corrected chi connectivity index (χ1v) is 6.24. The van der Waals surface area contributed by atoms with E-state index in [1.807, 2.05) is 0 Å². The van der Waals surface area contributed by atoms with Crippen molar-refractivity contribution in [3.63, 3.8) is 0 Å². The van der Waals surface area contributed by atoms with Crippen molar-refractivity contribution in [2.45, 2.75) is 26.4 Å². The molecule has 0 amide bonds. The molecule has 0 saturated heterocycles. The van der Waals surface area contributed by atoms with E-state index in [1.165, 1.54) is 12.1 Å². The molecule has 98 valence electrons. The topological polar surface area (TPSA) is 63.6 Å². The lowest BCUT2D eigenvalue weighted by Gasteiger charge is -2.20. The number of benzene rings is 1. The normalized spacial score (nSPS) is 11.2. The molecule has 1 rings (SSSR count). The van der Waals surface area contributed by atoms with Crippen LogP contribution in [0.4, 0.5) is 0 Å². The molecule has 0 fully saturated rings. The molecule has 0 spiro atoms. The summed E-state index contributed by atoms with van der Waals surface area (Å²) in [6.07, 6.45) is 0. The molecule has 1 aromatic rings. The minimum atomic E-state index is -1.23. The maximum absolute atomic E-state index is 11.9. The van der Waals surface area contributed by atoms with Gasteiger partial charge in [0.1, 0.15) is 5.60 Å². The fraction of sp³-hybridized carbons (Fsp3) is 0.333. The SMILES string of the molecule is CC(C)(C)OC(=O)c1cc(Br)c(Cl)cc1C(=O)O. The number of carboxylic acid groups (broad SMARTS) is 1. The van der Waals surface area contributed by atoms with Gasteiger partial charge in [-0.1, -0.05) is 11.6 Å². The Morgan fingerprint density at radius 3 is 2.28 bits per heavy atom. The molecular weight excluding hydrogens is 323 g/mol. The summed E-state index contributed by atoms with van der Waals surface area (Å²) in [6, 6.07) is 2.56. The summed E-state index contributed by atoms with van der Waals surface area (Å²) < 4.78 is 5.58. The summed E-state index contributed by atoms with van der Waals surface area (Å²) in [7, 11) is 0. The number of hydrogen-bond donors (Lipinski definition) is 1. The van der Waals surface area contributed by atoms with Crippen LogP contribution in [0, 0.1) is 0 Å². The average Bonchev–Trinajstić information content (AvgIpc) is 2.18. The number of ether oxygens (including phenoxy) is 1. The highest BCUT2D eigenvalue weighted by molar-refractivity contribution is 9.10. The molecule has 1 aromatic carbocycles. The van der Waals surface area contributed by atoms with Gasteiger partial charge in [-0.15, -0.1) is 0 Å². The highest BCUT2D eigenvalue weighted by atomic mass is 79.9. The van der Waals surface area contributed by atoms with E-state index in [-0.39, 0.29) is 16.1 Å². The van der Waals surface area contributed by atoms with Crippen LogP contribution >= 0.6 is 27.5 Å². The monoisotopic (exact) mass is 334 g/mol. The largest absolute Gasteiger partial charge is 0.478 e. The second-order valence-corrected chi connectivity index (χ2v) is 5.88. The molecule has 0 unspecified atom stereocenters. The highest BCUT2D eigenvalue weighted by Gasteiger charge is 2.24. The van der Waals surface area contributed by atoms with E-state index in [4.69, 9.17) is 21.4 Å². The summed E-state index contributed by atoms with van der Waals surface area (Å²) in [5.41, 5.74) is -0.912. The van der Waals surface area contributed by atoms with Crippen molar-refractivity contribution in [3.8, 4) is 0 Å². The number of aromatic carboxylic acids is 1. The van der Waals surface area contributed by atoms with Crippen LogP contribution < -0.4 is 0 Å². The molecule has 0 aromatic heterocycles. The second kappa shape index (κ2) is 5.28. The summed E-state index contributed by atoms with van der Waals surface area (Å²) in [5, 5.41) is 9.27. The Kier molecular flexibility index (Phi) is 4.40. The van der Waals surface area contributed by atoms with E-state index in [0.29, 0.717) is 4.47 Å². The van der Waals surface area contributed by atoms with Crippen LogP contribution in [0.25, 0.3) is 0 Å². The van der Waals surface area contributed by atoms with Gasteiger partial charge in [-0.05, 0) is 48.8 Å². The number of carbonyl (C=O) groups is 2. The standard InChI is InChI=1S/C12H12BrClO4/c1-12(2,3)18-11(17)7-4-8(13)9(14)5-6(7)10(15)16/h4-5H,1-3H3,(H,15,16). The number of halogens is 2. The molecule has 0 aliphatic carbocycles. The van der Waals surface area contributed by atoms with E-state index < -0.39 is 17.5 Å². The Hall–Kier alpha value is -1.07. The van der Waals surface area contributed by atoms with Crippen LogP contribution in [0.5, 0.6) is 0 Å². The minimum absolute atomic E-state index is 0.0336. The van der Waals surface area contributed by atoms with Crippen LogP contribution in [0.15, 0.2) is 16.6 Å². The number of hydrogen-bond acceptors (Lipinski definition) is 3. The van der Waals surface area contributed by atoms with Crippen LogP contribution in [-0.4, -0.2) is 22.6 Å². The van der Waals surface area contributed by atoms with Gasteiger partial charge in [0.25, 0.3) is 0 Å². The van der Waals surface area contributed by atoms with Gasteiger partial charge in [0.15, 0.2) is 0 Å².